The first-order chi connectivity index (χ1) is 6.60. The number of nitrogens with two attached hydrogens (primary N) is 1. The number of ketones is 1. The smallest absolute Gasteiger partial charge is 0.177 e. The van der Waals surface area contributed by atoms with Gasteiger partial charge in [-0.2, -0.15) is 0 Å². The maximum Gasteiger partial charge on any atom is 0.177 e. The summed E-state index contributed by atoms with van der Waals surface area (Å²) in [5.74, 6) is 0.570. The van der Waals surface area contributed by atoms with Crippen molar-refractivity contribution in [3.8, 4) is 5.75 Å². The lowest BCUT2D eigenvalue weighted by atomic mass is 10.1. The minimum atomic E-state index is -0.0303. The van der Waals surface area contributed by atoms with Crippen molar-refractivity contribution < 1.29 is 9.53 Å². The highest BCUT2D eigenvalue weighted by Crippen LogP contribution is 2.26. The molecule has 4 heteroatoms. The Balaban J connectivity index is 3.32. The van der Waals surface area contributed by atoms with E-state index < -0.39 is 0 Å². The van der Waals surface area contributed by atoms with Crippen molar-refractivity contribution in [2.45, 2.75) is 6.92 Å². The number of halogens is 1. The molecule has 3 nitrogen and oxygen atoms in total. The van der Waals surface area contributed by atoms with Gasteiger partial charge in [0.05, 0.1) is 18.0 Å². The van der Waals surface area contributed by atoms with Gasteiger partial charge in [-0.1, -0.05) is 15.9 Å². The molecule has 0 spiro atoms. The number of nitrogen functional groups attached to an aromatic ring is 1. The number of carbonyl (C=O) groups is 1. The van der Waals surface area contributed by atoms with Crippen LogP contribution >= 0.6 is 15.9 Å². The first-order valence-electron chi connectivity index (χ1n) is 4.13. The molecule has 0 bridgehead atoms. The molecule has 0 saturated heterocycles. The predicted octanol–water partition coefficient (Wildman–Crippen LogP) is 2.16. The van der Waals surface area contributed by atoms with Gasteiger partial charge in [0.15, 0.2) is 5.78 Å². The molecule has 2 N–H and O–H groups in total. The third-order valence-corrected chi connectivity index (χ3v) is 2.43. The summed E-state index contributed by atoms with van der Waals surface area (Å²) in [5.41, 5.74) is 7.63. The fraction of sp³-hybridized carbons (Fsp3) is 0.300. The molecule has 0 aromatic heterocycles. The van der Waals surface area contributed by atoms with Crippen LogP contribution in [0.5, 0.6) is 5.75 Å². The van der Waals surface area contributed by atoms with Crippen LogP contribution in [0.15, 0.2) is 12.1 Å². The van der Waals surface area contributed by atoms with E-state index in [2.05, 4.69) is 15.9 Å². The average Bonchev–Trinajstić information content (AvgIpc) is 2.15. The zero-order valence-electron chi connectivity index (χ0n) is 8.13. The van der Waals surface area contributed by atoms with Crippen LogP contribution in [0.2, 0.25) is 0 Å². The molecule has 0 saturated carbocycles. The molecule has 0 amide bonds. The van der Waals surface area contributed by atoms with E-state index in [0.29, 0.717) is 17.0 Å². The van der Waals surface area contributed by atoms with Crippen molar-refractivity contribution in [3.63, 3.8) is 0 Å². The molecule has 76 valence electrons. The fourth-order valence-corrected chi connectivity index (χ4v) is 1.65. The van der Waals surface area contributed by atoms with Crippen molar-refractivity contribution in [3.05, 3.63) is 23.3 Å². The summed E-state index contributed by atoms with van der Waals surface area (Å²) in [6, 6.07) is 3.42. The first kappa shape index (κ1) is 11.0. The lowest BCUT2D eigenvalue weighted by Gasteiger charge is -2.10. The van der Waals surface area contributed by atoms with Gasteiger partial charge in [0, 0.05) is 5.69 Å². The second-order valence-electron chi connectivity index (χ2n) is 2.98. The highest BCUT2D eigenvalue weighted by Gasteiger charge is 2.13. The largest absolute Gasteiger partial charge is 0.496 e. The van der Waals surface area contributed by atoms with Crippen LogP contribution in [0, 0.1) is 6.92 Å². The van der Waals surface area contributed by atoms with Gasteiger partial charge in [-0.25, -0.2) is 0 Å². The first-order valence-corrected chi connectivity index (χ1v) is 5.25. The molecule has 1 aromatic rings. The Labute approximate surface area is 91.4 Å². The molecule has 0 aliphatic rings. The number of anilines is 1. The normalized spacial score (nSPS) is 9.93. The fourth-order valence-electron chi connectivity index (χ4n) is 1.35. The lowest BCUT2D eigenvalue weighted by molar-refractivity contribution is 0.102. The third kappa shape index (κ3) is 2.07. The van der Waals surface area contributed by atoms with Gasteiger partial charge in [-0.15, -0.1) is 0 Å². The molecule has 0 fully saturated rings. The van der Waals surface area contributed by atoms with Crippen LogP contribution < -0.4 is 10.5 Å². The van der Waals surface area contributed by atoms with Crippen LogP contribution in [0.3, 0.4) is 0 Å². The maximum absolute atomic E-state index is 11.5. The number of carbonyl (C=O) groups excluding carboxylic acids is 1. The van der Waals surface area contributed by atoms with E-state index >= 15 is 0 Å². The maximum atomic E-state index is 11.5. The number of aryl methyl sites for hydroxylation is 1. The number of methoxy groups -OCH3 is 1. The van der Waals surface area contributed by atoms with Gasteiger partial charge >= 0.3 is 0 Å². The van der Waals surface area contributed by atoms with E-state index in [4.69, 9.17) is 10.5 Å². The molecule has 0 unspecified atom stereocenters. The molecule has 0 atom stereocenters. The molecule has 0 aliphatic heterocycles. The molecule has 0 aliphatic carbocycles. The van der Waals surface area contributed by atoms with Gasteiger partial charge < -0.3 is 10.5 Å². The summed E-state index contributed by atoms with van der Waals surface area (Å²) in [7, 11) is 1.55. The Morgan fingerprint density at radius 3 is 2.71 bits per heavy atom. The van der Waals surface area contributed by atoms with Crippen molar-refractivity contribution in [2.75, 3.05) is 18.2 Å². The zero-order chi connectivity index (χ0) is 10.7. The topological polar surface area (TPSA) is 52.3 Å². The van der Waals surface area contributed by atoms with Crippen molar-refractivity contribution in [2.24, 2.45) is 0 Å². The minimum absolute atomic E-state index is 0.0303. The van der Waals surface area contributed by atoms with Crippen LogP contribution in [0.1, 0.15) is 15.9 Å². The zero-order valence-corrected chi connectivity index (χ0v) is 9.72. The van der Waals surface area contributed by atoms with Crippen LogP contribution in [0.25, 0.3) is 0 Å². The van der Waals surface area contributed by atoms with Gasteiger partial charge in [-0.3, -0.25) is 4.79 Å². The number of hydrogen-bond acceptors (Lipinski definition) is 3. The number of hydrogen-bond donors (Lipinski definition) is 1. The van der Waals surface area contributed by atoms with Crippen molar-refractivity contribution in [1.29, 1.82) is 0 Å². The highest BCUT2D eigenvalue weighted by molar-refractivity contribution is 9.09. The van der Waals surface area contributed by atoms with Crippen molar-refractivity contribution >= 4 is 27.4 Å². The number of rotatable bonds is 3. The summed E-state index contributed by atoms with van der Waals surface area (Å²) in [6.45, 7) is 1.86. The minimum Gasteiger partial charge on any atom is -0.496 e. The molecule has 1 aromatic carbocycles. The van der Waals surface area contributed by atoms with Crippen LogP contribution in [-0.2, 0) is 0 Å². The predicted molar refractivity (Wildman–Crippen MR) is 60.3 cm³/mol. The Bertz CT molecular complexity index is 363. The van der Waals surface area contributed by atoms with Crippen LogP contribution in [0.4, 0.5) is 5.69 Å². The summed E-state index contributed by atoms with van der Waals surface area (Å²) in [6.07, 6.45) is 0. The monoisotopic (exact) mass is 257 g/mol. The van der Waals surface area contributed by atoms with E-state index in [1.807, 2.05) is 6.92 Å². The third-order valence-electron chi connectivity index (χ3n) is 1.92. The SMILES string of the molecule is COc1c(C)cc(N)cc1C(=O)CBr. The number of Topliss-reactive ketones (excluding diaryl/α,β-unsaturated/α-hetero) is 1. The lowest BCUT2D eigenvalue weighted by Crippen LogP contribution is -2.05. The molecule has 0 heterocycles. The second-order valence-corrected chi connectivity index (χ2v) is 3.54. The van der Waals surface area contributed by atoms with Gasteiger partial charge in [0.2, 0.25) is 0 Å². The van der Waals surface area contributed by atoms with E-state index in [9.17, 15) is 4.79 Å². The molecular formula is C10H12BrNO2. The Morgan fingerprint density at radius 2 is 2.21 bits per heavy atom. The Kier molecular flexibility index (Phi) is 3.52. The number of benzene rings is 1. The Hall–Kier alpha value is -1.03. The molecule has 1 rings (SSSR count). The van der Waals surface area contributed by atoms with E-state index in [1.165, 1.54) is 0 Å². The van der Waals surface area contributed by atoms with Gasteiger partial charge in [0.1, 0.15) is 5.75 Å². The summed E-state index contributed by atoms with van der Waals surface area (Å²) >= 11 is 3.12. The highest BCUT2D eigenvalue weighted by atomic mass is 79.9. The standard InChI is InChI=1S/C10H12BrNO2/c1-6-3-7(12)4-8(9(13)5-11)10(6)14-2/h3-4H,5,12H2,1-2H3. The molecule has 0 radical (unpaired) electrons. The van der Waals surface area contributed by atoms with Gasteiger partial charge in [-0.05, 0) is 24.6 Å². The Morgan fingerprint density at radius 1 is 1.57 bits per heavy atom. The van der Waals surface area contributed by atoms with E-state index in [-0.39, 0.29) is 11.1 Å². The van der Waals surface area contributed by atoms with E-state index in [0.717, 1.165) is 5.56 Å². The van der Waals surface area contributed by atoms with Crippen LogP contribution in [-0.4, -0.2) is 18.2 Å². The van der Waals surface area contributed by atoms with Crippen molar-refractivity contribution in [1.82, 2.24) is 0 Å². The van der Waals surface area contributed by atoms with E-state index in [1.54, 1.807) is 19.2 Å². The summed E-state index contributed by atoms with van der Waals surface area (Å²) < 4.78 is 5.16. The summed E-state index contributed by atoms with van der Waals surface area (Å²) in [5, 5.41) is 0.270. The average molecular weight is 258 g/mol. The molecular weight excluding hydrogens is 246 g/mol. The quantitative estimate of drug-likeness (QED) is 0.513. The van der Waals surface area contributed by atoms with Gasteiger partial charge in [0.25, 0.3) is 0 Å². The molecule has 14 heavy (non-hydrogen) atoms. The number of ether oxygens (including phenoxy) is 1. The number of alkyl halides is 1. The summed E-state index contributed by atoms with van der Waals surface area (Å²) in [4.78, 5) is 11.5. The second kappa shape index (κ2) is 4.46.